The number of likely N-dealkylation sites (tertiary alicyclic amines) is 1. The van der Waals surface area contributed by atoms with E-state index in [4.69, 9.17) is 20.4 Å². The molecule has 0 aromatic heterocycles. The van der Waals surface area contributed by atoms with E-state index < -0.39 is 54.6 Å². The molecule has 4 heteroatoms. The molecule has 2 fully saturated rings. The van der Waals surface area contributed by atoms with Gasteiger partial charge in [0.25, 0.3) is 0 Å². The standard InChI is InChI=1S/C18H21NO3/c1-19-8-7-18-11-4-5-13(20)17(18)22-16-14(21-2)6-3-10(15(16)18)9-12(11)19/h3,6,11-12,17H,4-5,7-9H2,1-2H3/t11-,12+,17?,18-/m0/s1/i1D3,3D,6D,9D2,12D,17D. The van der Waals surface area contributed by atoms with Crippen LogP contribution < -0.4 is 9.47 Å². The average Bonchev–Trinajstić information content (AvgIpc) is 2.91. The van der Waals surface area contributed by atoms with E-state index in [-0.39, 0.29) is 48.4 Å². The van der Waals surface area contributed by atoms with Crippen LogP contribution in [0.4, 0.5) is 0 Å². The van der Waals surface area contributed by atoms with Crippen molar-refractivity contribution in [3.8, 4) is 11.5 Å². The maximum absolute atomic E-state index is 13.0. The predicted molar refractivity (Wildman–Crippen MR) is 81.6 cm³/mol. The summed E-state index contributed by atoms with van der Waals surface area (Å²) < 4.78 is 88.3. The van der Waals surface area contributed by atoms with Gasteiger partial charge >= 0.3 is 0 Å². The number of rotatable bonds is 1. The summed E-state index contributed by atoms with van der Waals surface area (Å²) in [6, 6.07) is -3.43. The second kappa shape index (κ2) is 4.05. The van der Waals surface area contributed by atoms with Gasteiger partial charge in [0, 0.05) is 31.6 Å². The normalized spacial score (nSPS) is 54.0. The van der Waals surface area contributed by atoms with Crippen LogP contribution >= 0.6 is 0 Å². The van der Waals surface area contributed by atoms with Gasteiger partial charge in [0.1, 0.15) is 0 Å². The fourth-order valence-electron chi connectivity index (χ4n) is 4.47. The van der Waals surface area contributed by atoms with E-state index in [1.54, 1.807) is 0 Å². The summed E-state index contributed by atoms with van der Waals surface area (Å²) in [7, 11) is 1.26. The van der Waals surface area contributed by atoms with Crippen molar-refractivity contribution in [1.82, 2.24) is 4.90 Å². The average molecular weight is 308 g/mol. The van der Waals surface area contributed by atoms with E-state index in [0.29, 0.717) is 0 Å². The maximum atomic E-state index is 13.0. The Morgan fingerprint density at radius 2 is 2.55 bits per heavy atom. The Morgan fingerprint density at radius 1 is 1.64 bits per heavy atom. The second-order valence-electron chi connectivity index (χ2n) is 6.19. The number of hydrogen-bond donors (Lipinski definition) is 0. The topological polar surface area (TPSA) is 38.8 Å². The summed E-state index contributed by atoms with van der Waals surface area (Å²) in [6.07, 6.45) is -5.05. The highest BCUT2D eigenvalue weighted by Gasteiger charge is 2.65. The van der Waals surface area contributed by atoms with E-state index >= 15 is 0 Å². The van der Waals surface area contributed by atoms with Crippen LogP contribution in [0, 0.1) is 5.92 Å². The molecule has 4 atom stereocenters. The molecular formula is C18H21NO3. The first-order chi connectivity index (χ1) is 14.2. The lowest BCUT2D eigenvalue weighted by molar-refractivity contribution is -0.138. The van der Waals surface area contributed by atoms with E-state index in [1.807, 2.05) is 0 Å². The number of hydrogen-bond acceptors (Lipinski definition) is 4. The highest BCUT2D eigenvalue weighted by Crippen LogP contribution is 2.62. The zero-order valence-corrected chi connectivity index (χ0v) is 12.1. The number of methoxy groups -OCH3 is 1. The number of benzene rings is 1. The maximum Gasteiger partial charge on any atom is 0.174 e. The number of ketones is 1. The lowest BCUT2D eigenvalue weighted by Crippen LogP contribution is -2.65. The van der Waals surface area contributed by atoms with Gasteiger partial charge in [-0.3, -0.25) is 4.79 Å². The molecule has 5 rings (SSSR count). The number of carbonyl (C=O) groups is 1. The molecule has 0 radical (unpaired) electrons. The van der Waals surface area contributed by atoms with Crippen molar-refractivity contribution in [2.75, 3.05) is 20.6 Å². The number of Topliss-reactive ketones (excluding diaryl/α,β-unsaturated/α-hetero) is 1. The number of carbonyl (C=O) groups excluding carboxylic acids is 1. The fraction of sp³-hybridized carbons (Fsp3) is 0.611. The van der Waals surface area contributed by atoms with E-state index in [0.717, 1.165) is 4.90 Å². The Hall–Kier alpha value is -1.55. The van der Waals surface area contributed by atoms with Crippen molar-refractivity contribution in [2.24, 2.45) is 5.92 Å². The zero-order chi connectivity index (χ0) is 22.9. The van der Waals surface area contributed by atoms with E-state index in [9.17, 15) is 6.17 Å². The molecule has 0 amide bonds. The van der Waals surface area contributed by atoms with Crippen molar-refractivity contribution in [3.63, 3.8) is 0 Å². The molecule has 1 unspecified atom stereocenters. The Labute approximate surface area is 143 Å². The number of nitrogens with zero attached hydrogens (tertiary/aromatic N) is 1. The van der Waals surface area contributed by atoms with Gasteiger partial charge in [-0.15, -0.1) is 0 Å². The van der Waals surface area contributed by atoms with Crippen LogP contribution in [0.5, 0.6) is 11.5 Å². The fourth-order valence-corrected chi connectivity index (χ4v) is 4.47. The van der Waals surface area contributed by atoms with Crippen molar-refractivity contribution in [3.05, 3.63) is 23.2 Å². The second-order valence-corrected chi connectivity index (χ2v) is 6.19. The molecule has 4 nitrogen and oxygen atoms in total. The molecule has 1 spiro atoms. The third-order valence-corrected chi connectivity index (χ3v) is 5.36. The Bertz CT molecular complexity index is 1040. The summed E-state index contributed by atoms with van der Waals surface area (Å²) in [5.74, 6) is -1.86. The smallest absolute Gasteiger partial charge is 0.174 e. The summed E-state index contributed by atoms with van der Waals surface area (Å²) in [5.41, 5.74) is -1.73. The quantitative estimate of drug-likeness (QED) is 0.795. The molecule has 2 aliphatic carbocycles. The summed E-state index contributed by atoms with van der Waals surface area (Å²) in [6.45, 7) is -3.05. The Balaban J connectivity index is 1.98. The largest absolute Gasteiger partial charge is 0.493 e. The minimum absolute atomic E-state index is 0.0234. The molecule has 4 aliphatic rings. The van der Waals surface area contributed by atoms with Gasteiger partial charge in [-0.1, -0.05) is 6.04 Å². The number of piperidine rings is 1. The molecule has 1 saturated heterocycles. The highest BCUT2D eigenvalue weighted by atomic mass is 16.5. The van der Waals surface area contributed by atoms with Crippen LogP contribution in [0.1, 0.15) is 42.7 Å². The molecule has 22 heavy (non-hydrogen) atoms. The monoisotopic (exact) mass is 308 g/mol. The molecular weight excluding hydrogens is 278 g/mol. The number of likely N-dealkylation sites (N-methyl/N-ethyl adjacent to an activating group) is 1. The van der Waals surface area contributed by atoms with Gasteiger partial charge in [-0.2, -0.15) is 0 Å². The first-order valence-electron chi connectivity index (χ1n) is 11.9. The predicted octanol–water partition coefficient (Wildman–Crippen LogP) is 1.93. The van der Waals surface area contributed by atoms with Gasteiger partial charge < -0.3 is 14.4 Å². The van der Waals surface area contributed by atoms with Crippen molar-refractivity contribution < 1.29 is 26.6 Å². The molecule has 1 aromatic carbocycles. The van der Waals surface area contributed by atoms with E-state index in [2.05, 4.69) is 0 Å². The summed E-state index contributed by atoms with van der Waals surface area (Å²) in [5, 5.41) is 0. The van der Waals surface area contributed by atoms with Crippen LogP contribution in [0.2, 0.25) is 0 Å². The molecule has 2 aliphatic heterocycles. The highest BCUT2D eigenvalue weighted by molar-refractivity contribution is 5.89. The lowest BCUT2D eigenvalue weighted by atomic mass is 9.52. The number of ether oxygens (including phenoxy) is 2. The third kappa shape index (κ3) is 1.27. The minimum Gasteiger partial charge on any atom is -0.493 e. The van der Waals surface area contributed by atoms with Crippen molar-refractivity contribution in [1.29, 1.82) is 0 Å². The molecule has 2 heterocycles. The van der Waals surface area contributed by atoms with Gasteiger partial charge in [0.05, 0.1) is 11.2 Å². The molecule has 1 saturated carbocycles. The van der Waals surface area contributed by atoms with Gasteiger partial charge in [-0.05, 0) is 50.3 Å². The van der Waals surface area contributed by atoms with Crippen LogP contribution in [-0.4, -0.2) is 43.4 Å². The lowest BCUT2D eigenvalue weighted by Gasteiger charge is -2.57. The Morgan fingerprint density at radius 3 is 3.36 bits per heavy atom. The van der Waals surface area contributed by atoms with Crippen LogP contribution in [0.15, 0.2) is 12.1 Å². The minimum atomic E-state index is -2.80. The third-order valence-electron chi connectivity index (χ3n) is 5.36. The Kier molecular flexibility index (Phi) is 1.27. The van der Waals surface area contributed by atoms with Crippen molar-refractivity contribution >= 4 is 5.78 Å². The van der Waals surface area contributed by atoms with Gasteiger partial charge in [0.15, 0.2) is 23.4 Å². The van der Waals surface area contributed by atoms with Crippen LogP contribution in [-0.2, 0) is 16.6 Å². The van der Waals surface area contributed by atoms with Crippen LogP contribution in [0.3, 0.4) is 0 Å². The van der Waals surface area contributed by atoms with Gasteiger partial charge in [-0.25, -0.2) is 0 Å². The summed E-state index contributed by atoms with van der Waals surface area (Å²) in [4.78, 5) is 13.8. The first-order valence-corrected chi connectivity index (χ1v) is 7.43. The van der Waals surface area contributed by atoms with Crippen LogP contribution in [0.25, 0.3) is 0 Å². The zero-order valence-electron chi connectivity index (χ0n) is 21.1. The molecule has 2 bridgehead atoms. The van der Waals surface area contributed by atoms with Crippen molar-refractivity contribution in [2.45, 2.75) is 43.1 Å². The first kappa shape index (κ1) is 6.91. The summed E-state index contributed by atoms with van der Waals surface area (Å²) >= 11 is 0. The molecule has 1 aromatic rings. The van der Waals surface area contributed by atoms with E-state index in [1.165, 1.54) is 7.11 Å². The molecule has 116 valence electrons. The molecule has 0 N–H and O–H groups in total. The SMILES string of the molecule is [2H]c1c([2H])c2c3c(c1OC)OC1([2H])C(=O)CC[C@@H]4[C@@]31CCN(C([2H])([2H])[2H])[C@]4([2H])C2([2H])[2H]. The van der Waals surface area contributed by atoms with Gasteiger partial charge in [0.2, 0.25) is 0 Å².